The van der Waals surface area contributed by atoms with Gasteiger partial charge in [0.15, 0.2) is 0 Å². The highest BCUT2D eigenvalue weighted by molar-refractivity contribution is 5.73. The van der Waals surface area contributed by atoms with Crippen LogP contribution >= 0.6 is 0 Å². The average Bonchev–Trinajstić information content (AvgIpc) is 2.41. The number of unbranched alkanes of at least 4 members (excludes halogenated alkanes) is 3. The molecule has 1 rings (SSSR count). The van der Waals surface area contributed by atoms with Crippen molar-refractivity contribution in [3.63, 3.8) is 0 Å². The van der Waals surface area contributed by atoms with E-state index in [9.17, 15) is 9.59 Å². The molecule has 0 radical (unpaired) electrons. The van der Waals surface area contributed by atoms with Crippen molar-refractivity contribution in [2.75, 3.05) is 6.54 Å². The number of nitrogens with one attached hydrogen (secondary N) is 2. The zero-order valence-electron chi connectivity index (χ0n) is 13.2. The summed E-state index contributed by atoms with van der Waals surface area (Å²) in [5.41, 5.74) is 2.94. The van der Waals surface area contributed by atoms with Crippen LogP contribution in [0.15, 0.2) is 0 Å². The maximum absolute atomic E-state index is 11.8. The summed E-state index contributed by atoms with van der Waals surface area (Å²) in [5, 5.41) is 13.4. The molecule has 2 unspecified atom stereocenters. The van der Waals surface area contributed by atoms with Gasteiger partial charge in [0.2, 0.25) is 0 Å². The maximum atomic E-state index is 11.8. The molecule has 0 bridgehead atoms. The van der Waals surface area contributed by atoms with Gasteiger partial charge in [0.1, 0.15) is 0 Å². The Labute approximate surface area is 127 Å². The largest absolute Gasteiger partial charge is 0.481 e. The SMILES string of the molecule is CC1CCCC(C)N1NC(=O)NCCCCCCC(=O)O. The molecular formula is C15H29N3O3. The van der Waals surface area contributed by atoms with Crippen LogP contribution in [0.3, 0.4) is 0 Å². The highest BCUT2D eigenvalue weighted by Gasteiger charge is 2.25. The van der Waals surface area contributed by atoms with Crippen LogP contribution in [0, 0.1) is 0 Å². The van der Waals surface area contributed by atoms with Gasteiger partial charge in [0.05, 0.1) is 0 Å². The summed E-state index contributed by atoms with van der Waals surface area (Å²) < 4.78 is 0. The van der Waals surface area contributed by atoms with Gasteiger partial charge in [-0.1, -0.05) is 19.3 Å². The van der Waals surface area contributed by atoms with Crippen LogP contribution in [0.4, 0.5) is 4.79 Å². The first kappa shape index (κ1) is 17.8. The van der Waals surface area contributed by atoms with Crippen molar-refractivity contribution in [1.29, 1.82) is 0 Å². The Bertz CT molecular complexity index is 326. The molecular weight excluding hydrogens is 270 g/mol. The Morgan fingerprint density at radius 3 is 2.33 bits per heavy atom. The number of hydrogen-bond donors (Lipinski definition) is 3. The van der Waals surface area contributed by atoms with Gasteiger partial charge in [-0.3, -0.25) is 10.2 Å². The molecule has 21 heavy (non-hydrogen) atoms. The zero-order valence-corrected chi connectivity index (χ0v) is 13.2. The summed E-state index contributed by atoms with van der Waals surface area (Å²) >= 11 is 0. The fraction of sp³-hybridized carbons (Fsp3) is 0.867. The van der Waals surface area contributed by atoms with Crippen LogP contribution in [-0.4, -0.2) is 40.7 Å². The van der Waals surface area contributed by atoms with Crippen LogP contribution in [0.2, 0.25) is 0 Å². The number of carbonyl (C=O) groups excluding carboxylic acids is 1. The first-order chi connectivity index (χ1) is 10.0. The minimum Gasteiger partial charge on any atom is -0.481 e. The number of hydrazine groups is 1. The molecule has 122 valence electrons. The smallest absolute Gasteiger partial charge is 0.329 e. The van der Waals surface area contributed by atoms with Gasteiger partial charge in [-0.25, -0.2) is 9.80 Å². The molecule has 1 aliphatic rings. The van der Waals surface area contributed by atoms with Crippen molar-refractivity contribution in [2.24, 2.45) is 0 Å². The Hall–Kier alpha value is -1.30. The van der Waals surface area contributed by atoms with Gasteiger partial charge in [-0.2, -0.15) is 0 Å². The minimum absolute atomic E-state index is 0.138. The van der Waals surface area contributed by atoms with E-state index in [1.165, 1.54) is 6.42 Å². The Balaban J connectivity index is 2.07. The van der Waals surface area contributed by atoms with E-state index in [1.807, 2.05) is 5.01 Å². The van der Waals surface area contributed by atoms with E-state index < -0.39 is 5.97 Å². The second-order valence-electron chi connectivity index (χ2n) is 5.96. The van der Waals surface area contributed by atoms with Crippen LogP contribution in [0.1, 0.15) is 65.2 Å². The van der Waals surface area contributed by atoms with Crippen LogP contribution < -0.4 is 10.7 Å². The van der Waals surface area contributed by atoms with Gasteiger partial charge in [0.25, 0.3) is 0 Å². The normalized spacial score (nSPS) is 22.8. The lowest BCUT2D eigenvalue weighted by molar-refractivity contribution is -0.137. The van der Waals surface area contributed by atoms with Gasteiger partial charge in [-0.15, -0.1) is 0 Å². The average molecular weight is 299 g/mol. The molecule has 1 heterocycles. The van der Waals surface area contributed by atoms with Crippen LogP contribution in [0.25, 0.3) is 0 Å². The third-order valence-electron chi connectivity index (χ3n) is 4.03. The number of urea groups is 1. The first-order valence-electron chi connectivity index (χ1n) is 8.05. The Morgan fingerprint density at radius 1 is 1.10 bits per heavy atom. The number of carbonyl (C=O) groups is 2. The van der Waals surface area contributed by atoms with E-state index >= 15 is 0 Å². The number of nitrogens with zero attached hydrogens (tertiary/aromatic N) is 1. The molecule has 6 heteroatoms. The molecule has 0 aromatic carbocycles. The molecule has 0 aromatic heterocycles. The number of amides is 2. The summed E-state index contributed by atoms with van der Waals surface area (Å²) in [7, 11) is 0. The Kier molecular flexibility index (Phi) is 8.12. The predicted molar refractivity (Wildman–Crippen MR) is 81.9 cm³/mol. The lowest BCUT2D eigenvalue weighted by Gasteiger charge is -2.38. The van der Waals surface area contributed by atoms with Crippen LogP contribution in [0.5, 0.6) is 0 Å². The van der Waals surface area contributed by atoms with Crippen molar-refractivity contribution in [3.8, 4) is 0 Å². The molecule has 0 spiro atoms. The molecule has 6 nitrogen and oxygen atoms in total. The topological polar surface area (TPSA) is 81.7 Å². The monoisotopic (exact) mass is 299 g/mol. The molecule has 0 aliphatic carbocycles. The lowest BCUT2D eigenvalue weighted by Crippen LogP contribution is -2.56. The maximum Gasteiger partial charge on any atom is 0.329 e. The lowest BCUT2D eigenvalue weighted by atomic mass is 10.00. The third kappa shape index (κ3) is 7.32. The first-order valence-corrected chi connectivity index (χ1v) is 8.05. The minimum atomic E-state index is -0.739. The Morgan fingerprint density at radius 2 is 1.71 bits per heavy atom. The summed E-state index contributed by atoms with van der Waals surface area (Å²) in [6.07, 6.45) is 7.14. The molecule has 3 N–H and O–H groups in total. The third-order valence-corrected chi connectivity index (χ3v) is 4.03. The second-order valence-corrected chi connectivity index (χ2v) is 5.96. The van der Waals surface area contributed by atoms with E-state index in [4.69, 9.17) is 5.11 Å². The van der Waals surface area contributed by atoms with Gasteiger partial charge >= 0.3 is 12.0 Å². The number of rotatable bonds is 8. The zero-order chi connectivity index (χ0) is 15.7. The predicted octanol–water partition coefficient (Wildman–Crippen LogP) is 2.50. The highest BCUT2D eigenvalue weighted by atomic mass is 16.4. The molecule has 2 atom stereocenters. The van der Waals surface area contributed by atoms with Gasteiger partial charge in [0, 0.05) is 25.0 Å². The van der Waals surface area contributed by atoms with Crippen molar-refractivity contribution in [3.05, 3.63) is 0 Å². The second kappa shape index (κ2) is 9.60. The summed E-state index contributed by atoms with van der Waals surface area (Å²) in [6, 6.07) is 0.632. The van der Waals surface area contributed by atoms with Crippen molar-refractivity contribution in [2.45, 2.75) is 77.3 Å². The quantitative estimate of drug-likeness (QED) is 0.601. The van der Waals surface area contributed by atoms with Crippen molar-refractivity contribution >= 4 is 12.0 Å². The highest BCUT2D eigenvalue weighted by Crippen LogP contribution is 2.19. The molecule has 2 amide bonds. The standard InChI is InChI=1S/C15H29N3O3/c1-12-8-7-9-13(2)18(12)17-15(21)16-11-6-4-3-5-10-14(19)20/h12-13H,3-11H2,1-2H3,(H,19,20)(H2,16,17,21). The number of piperidine rings is 1. The number of aliphatic carboxylic acids is 1. The van der Waals surface area contributed by atoms with E-state index in [0.717, 1.165) is 32.1 Å². The number of hydrogen-bond acceptors (Lipinski definition) is 3. The molecule has 1 saturated heterocycles. The van der Waals surface area contributed by atoms with Crippen molar-refractivity contribution < 1.29 is 14.7 Å². The van der Waals surface area contributed by atoms with Gasteiger partial charge < -0.3 is 10.4 Å². The van der Waals surface area contributed by atoms with Gasteiger partial charge in [-0.05, 0) is 39.5 Å². The number of carboxylic acids is 1. The fourth-order valence-electron chi connectivity index (χ4n) is 2.76. The van der Waals surface area contributed by atoms with E-state index in [-0.39, 0.29) is 12.5 Å². The molecule has 1 aliphatic heterocycles. The van der Waals surface area contributed by atoms with E-state index in [2.05, 4.69) is 24.6 Å². The molecule has 0 aromatic rings. The summed E-state index contributed by atoms with van der Waals surface area (Å²) in [6.45, 7) is 4.91. The van der Waals surface area contributed by atoms with Crippen molar-refractivity contribution in [1.82, 2.24) is 15.8 Å². The summed E-state index contributed by atoms with van der Waals surface area (Å²) in [4.78, 5) is 22.2. The van der Waals surface area contributed by atoms with E-state index in [0.29, 0.717) is 25.0 Å². The number of carboxylic acid groups (broad SMARTS) is 1. The molecule has 0 saturated carbocycles. The van der Waals surface area contributed by atoms with Crippen LogP contribution in [-0.2, 0) is 4.79 Å². The fourth-order valence-corrected chi connectivity index (χ4v) is 2.76. The molecule has 1 fully saturated rings. The van der Waals surface area contributed by atoms with E-state index in [1.54, 1.807) is 0 Å². The summed E-state index contributed by atoms with van der Waals surface area (Å²) in [5.74, 6) is -0.739.